The van der Waals surface area contributed by atoms with E-state index in [2.05, 4.69) is 0 Å². The average molecular weight is 501 g/mol. The third-order valence-electron chi connectivity index (χ3n) is 11.4. The van der Waals surface area contributed by atoms with E-state index in [0.717, 1.165) is 0 Å². The summed E-state index contributed by atoms with van der Waals surface area (Å²) in [5.74, 6) is -5.69. The second-order valence-corrected chi connectivity index (χ2v) is 11.8. The van der Waals surface area contributed by atoms with Crippen molar-refractivity contribution in [1.82, 2.24) is 0 Å². The zero-order valence-electron chi connectivity index (χ0n) is 20.4. The van der Waals surface area contributed by atoms with Gasteiger partial charge in [0.2, 0.25) is 0 Å². The van der Waals surface area contributed by atoms with Crippen molar-refractivity contribution in [2.75, 3.05) is 14.2 Å². The number of Topliss-reactive ketones (excluding diaryl/α,β-unsaturated/α-hetero) is 2. The van der Waals surface area contributed by atoms with Crippen molar-refractivity contribution in [2.45, 2.75) is 38.9 Å². The summed E-state index contributed by atoms with van der Waals surface area (Å²) in [6.07, 6.45) is -1.18. The summed E-state index contributed by atoms with van der Waals surface area (Å²) in [7, 11) is 2.59. The van der Waals surface area contributed by atoms with Crippen molar-refractivity contribution in [1.29, 1.82) is 0 Å². The van der Waals surface area contributed by atoms with E-state index in [-0.39, 0.29) is 47.1 Å². The summed E-state index contributed by atoms with van der Waals surface area (Å²) in [4.78, 5) is 78.3. The predicted molar refractivity (Wildman–Crippen MR) is 114 cm³/mol. The average Bonchev–Trinajstić information content (AvgIpc) is 3.65. The summed E-state index contributed by atoms with van der Waals surface area (Å²) in [6.45, 7) is 2.52. The Bertz CT molecular complexity index is 1090. The van der Waals surface area contributed by atoms with Gasteiger partial charge in [-0.1, -0.05) is 0 Å². The van der Waals surface area contributed by atoms with Crippen LogP contribution in [0.25, 0.3) is 0 Å². The number of carbonyl (C=O) groups excluding carboxylic acids is 6. The Labute approximate surface area is 206 Å². The standard InChI is InChI=1S/C26H28O10/c1-7(27)35-11-5-9-13(21(11)29)19-15-16-18-10-6-12(36-8(2)28)22(30)14(10)20(16)25(17(9)15,23(31)33-3)26(18,19)24(32)34-4/h9-20H,5-6H2,1-4H3/t9-,10-,11-,12+,13-,14+,15+,16-,17-,18+,19-,20+,25+,26-/m0/s1. The minimum absolute atomic E-state index is 0.0824. The van der Waals surface area contributed by atoms with Gasteiger partial charge in [0.15, 0.2) is 23.8 Å². The molecule has 10 nitrogen and oxygen atoms in total. The molecule has 0 amide bonds. The van der Waals surface area contributed by atoms with Crippen molar-refractivity contribution in [3.8, 4) is 0 Å². The fraction of sp³-hybridized carbons (Fsp3) is 0.769. The largest absolute Gasteiger partial charge is 0.469 e. The first-order valence-corrected chi connectivity index (χ1v) is 12.7. The maximum atomic E-state index is 13.9. The van der Waals surface area contributed by atoms with Gasteiger partial charge < -0.3 is 18.9 Å². The number of methoxy groups -OCH3 is 2. The Morgan fingerprint density at radius 3 is 1.33 bits per heavy atom. The highest BCUT2D eigenvalue weighted by molar-refractivity contribution is 6.01. The number of hydrogen-bond donors (Lipinski definition) is 0. The lowest BCUT2D eigenvalue weighted by atomic mass is 9.43. The highest BCUT2D eigenvalue weighted by atomic mass is 16.6. The maximum absolute atomic E-state index is 13.9. The van der Waals surface area contributed by atoms with Crippen LogP contribution < -0.4 is 0 Å². The number of rotatable bonds is 4. The Morgan fingerprint density at radius 1 is 0.667 bits per heavy atom. The molecule has 192 valence electrons. The molecule has 0 aromatic carbocycles. The number of ketones is 2. The van der Waals surface area contributed by atoms with Crippen LogP contribution in [0.15, 0.2) is 0 Å². The minimum atomic E-state index is -1.28. The van der Waals surface area contributed by atoms with Crippen LogP contribution >= 0.6 is 0 Å². The second-order valence-electron chi connectivity index (χ2n) is 11.8. The van der Waals surface area contributed by atoms with Crippen LogP contribution in [0.5, 0.6) is 0 Å². The van der Waals surface area contributed by atoms with Crippen molar-refractivity contribution >= 4 is 35.4 Å². The lowest BCUT2D eigenvalue weighted by Crippen LogP contribution is -2.66. The number of esters is 4. The molecule has 8 aliphatic carbocycles. The molecule has 0 aliphatic heterocycles. The van der Waals surface area contributed by atoms with Crippen molar-refractivity contribution in [3.63, 3.8) is 0 Å². The number of hydrogen-bond acceptors (Lipinski definition) is 10. The number of ether oxygens (including phenoxy) is 4. The Kier molecular flexibility index (Phi) is 4.08. The molecule has 8 aliphatic rings. The molecule has 8 fully saturated rings. The lowest BCUT2D eigenvalue weighted by molar-refractivity contribution is -0.208. The molecule has 8 saturated carbocycles. The van der Waals surface area contributed by atoms with Crippen molar-refractivity contribution < 1.29 is 47.7 Å². The first-order chi connectivity index (χ1) is 17.1. The lowest BCUT2D eigenvalue weighted by Gasteiger charge is -2.56. The molecule has 0 N–H and O–H groups in total. The summed E-state index contributed by atoms with van der Waals surface area (Å²) in [5, 5.41) is 0. The highest BCUT2D eigenvalue weighted by Crippen LogP contribution is 2.97. The maximum Gasteiger partial charge on any atom is 0.313 e. The Balaban J connectivity index is 1.41. The Hall–Kier alpha value is -2.78. The normalized spacial score (nSPS) is 53.6. The van der Waals surface area contributed by atoms with Gasteiger partial charge in [-0.3, -0.25) is 28.8 Å². The van der Waals surface area contributed by atoms with E-state index in [1.807, 2.05) is 0 Å². The van der Waals surface area contributed by atoms with Gasteiger partial charge in [0.1, 0.15) is 0 Å². The third kappa shape index (κ3) is 1.91. The van der Waals surface area contributed by atoms with Crippen LogP contribution in [-0.2, 0) is 47.7 Å². The van der Waals surface area contributed by atoms with Crippen LogP contribution in [0.3, 0.4) is 0 Å². The number of carbonyl (C=O) groups is 6. The first kappa shape index (κ1) is 22.4. The molecule has 0 radical (unpaired) electrons. The van der Waals surface area contributed by atoms with Crippen molar-refractivity contribution in [3.05, 3.63) is 0 Å². The van der Waals surface area contributed by atoms with Gasteiger partial charge in [-0.25, -0.2) is 0 Å². The second kappa shape index (κ2) is 6.55. The molecule has 0 heterocycles. The Morgan fingerprint density at radius 2 is 1.03 bits per heavy atom. The van der Waals surface area contributed by atoms with Crippen molar-refractivity contribution in [2.24, 2.45) is 70.0 Å². The topological polar surface area (TPSA) is 139 Å². The smallest absolute Gasteiger partial charge is 0.313 e. The zero-order chi connectivity index (χ0) is 25.6. The summed E-state index contributed by atoms with van der Waals surface area (Å²) in [6, 6.07) is 0. The van der Waals surface area contributed by atoms with Gasteiger partial charge >= 0.3 is 23.9 Å². The van der Waals surface area contributed by atoms with E-state index in [0.29, 0.717) is 12.8 Å². The van der Waals surface area contributed by atoms with Gasteiger partial charge in [-0.15, -0.1) is 0 Å². The van der Waals surface area contributed by atoms with Crippen LogP contribution in [0.4, 0.5) is 0 Å². The van der Waals surface area contributed by atoms with Gasteiger partial charge in [0.05, 0.1) is 25.0 Å². The fourth-order valence-corrected chi connectivity index (χ4v) is 11.8. The predicted octanol–water partition coefficient (Wildman–Crippen LogP) is 0.344. The van der Waals surface area contributed by atoms with Gasteiger partial charge in [0, 0.05) is 25.7 Å². The van der Waals surface area contributed by atoms with E-state index < -0.39 is 70.6 Å². The van der Waals surface area contributed by atoms with Gasteiger partial charge in [-0.2, -0.15) is 0 Å². The van der Waals surface area contributed by atoms with Gasteiger partial charge in [-0.05, 0) is 60.2 Å². The zero-order valence-corrected chi connectivity index (χ0v) is 20.4. The molecule has 0 saturated heterocycles. The van der Waals surface area contributed by atoms with E-state index in [1.165, 1.54) is 28.1 Å². The molecule has 0 spiro atoms. The van der Waals surface area contributed by atoms with E-state index in [1.54, 1.807) is 0 Å². The van der Waals surface area contributed by atoms with Crippen LogP contribution in [0.1, 0.15) is 26.7 Å². The van der Waals surface area contributed by atoms with E-state index in [4.69, 9.17) is 18.9 Å². The molecule has 0 aromatic heterocycles. The summed E-state index contributed by atoms with van der Waals surface area (Å²) >= 11 is 0. The first-order valence-electron chi connectivity index (χ1n) is 12.7. The monoisotopic (exact) mass is 500 g/mol. The molecular formula is C26H28O10. The SMILES string of the molecule is COC(=O)[C@]12[C@@H]3[C@@H]4C(=O)[C@H](OC(C)=O)C[C@@H]4[C@@H]4[C@@H]3[C@@H]3[C@@H]1[C@H]1C[C@H](OC(C)=O)C(=O)[C@@H]1[C@@H]3[C@]42C(=O)OC. The molecule has 14 atom stereocenters. The van der Waals surface area contributed by atoms with Crippen LogP contribution in [-0.4, -0.2) is 61.9 Å². The molecule has 36 heavy (non-hydrogen) atoms. The number of fused-ring (bicyclic) bond motifs is 2. The van der Waals surface area contributed by atoms with Crippen LogP contribution in [0.2, 0.25) is 0 Å². The minimum Gasteiger partial charge on any atom is -0.469 e. The molecule has 10 heteroatoms. The summed E-state index contributed by atoms with van der Waals surface area (Å²) in [5.41, 5.74) is -2.57. The molecule has 8 bridgehead atoms. The quantitative estimate of drug-likeness (QED) is 0.392. The van der Waals surface area contributed by atoms with E-state index >= 15 is 0 Å². The van der Waals surface area contributed by atoms with Gasteiger partial charge in [0.25, 0.3) is 0 Å². The highest BCUT2D eigenvalue weighted by Gasteiger charge is 3.02. The third-order valence-corrected chi connectivity index (χ3v) is 11.4. The van der Waals surface area contributed by atoms with Crippen LogP contribution in [0, 0.1) is 70.0 Å². The molecular weight excluding hydrogens is 472 g/mol. The summed E-state index contributed by atoms with van der Waals surface area (Å²) < 4.78 is 21.5. The molecule has 8 rings (SSSR count). The molecule has 0 unspecified atom stereocenters. The van der Waals surface area contributed by atoms with E-state index in [9.17, 15) is 28.8 Å². The fourth-order valence-electron chi connectivity index (χ4n) is 11.8. The molecule has 0 aromatic rings.